The van der Waals surface area contributed by atoms with Crippen molar-refractivity contribution >= 4 is 34.1 Å². The van der Waals surface area contributed by atoms with Crippen LogP contribution in [0, 0.1) is 10.5 Å². The smallest absolute Gasteiger partial charge is 0.101 e. The normalized spacial score (nSPS) is 11.6. The van der Waals surface area contributed by atoms with Crippen molar-refractivity contribution in [3.8, 4) is 0 Å². The average Bonchev–Trinajstić information content (AvgIpc) is 2.11. The first-order chi connectivity index (χ1) is 6.50. The molecule has 0 amide bonds. The molecule has 3 heteroatoms. The monoisotopic (exact) mass is 302 g/mol. The minimum atomic E-state index is 1.02. The number of aryl methyl sites for hydroxylation is 1. The molecule has 1 aromatic carbocycles. The molecule has 0 saturated carbocycles. The average molecular weight is 302 g/mol. The molecule has 0 aliphatic rings. The first kappa shape index (κ1) is 11.5. The molecule has 14 heavy (non-hydrogen) atoms. The van der Waals surface area contributed by atoms with E-state index in [9.17, 15) is 0 Å². The molecule has 0 atom stereocenters. The Labute approximate surface area is 99.2 Å². The number of hydrogen-bond acceptors (Lipinski definition) is 1. The van der Waals surface area contributed by atoms with Crippen LogP contribution in [0.25, 0.3) is 0 Å². The molecule has 0 unspecified atom stereocenters. The van der Waals surface area contributed by atoms with Crippen molar-refractivity contribution in [1.82, 2.24) is 4.90 Å². The maximum Gasteiger partial charge on any atom is 0.101 e. The van der Waals surface area contributed by atoms with Crippen LogP contribution in [0.2, 0.25) is 0 Å². The number of aliphatic imine (C=N–C) groups is 1. The van der Waals surface area contributed by atoms with Gasteiger partial charge < -0.3 is 4.90 Å². The van der Waals surface area contributed by atoms with Crippen LogP contribution in [-0.4, -0.2) is 24.8 Å². The van der Waals surface area contributed by atoms with Crippen LogP contribution in [-0.2, 0) is 0 Å². The predicted molar refractivity (Wildman–Crippen MR) is 70.4 cm³/mol. The Morgan fingerprint density at radius 2 is 2.00 bits per heavy atom. The van der Waals surface area contributed by atoms with E-state index in [1.54, 1.807) is 0 Å². The second-order valence-corrected chi connectivity index (χ2v) is 4.73. The van der Waals surface area contributed by atoms with Gasteiger partial charge in [-0.05, 0) is 54.1 Å². The van der Waals surface area contributed by atoms with Gasteiger partial charge >= 0.3 is 0 Å². The molecule has 0 spiro atoms. The van der Waals surface area contributed by atoms with Gasteiger partial charge in [-0.1, -0.05) is 6.07 Å². The summed E-state index contributed by atoms with van der Waals surface area (Å²) in [5, 5.41) is 0. The van der Waals surface area contributed by atoms with E-state index in [1.165, 1.54) is 9.13 Å². The largest absolute Gasteiger partial charge is 0.366 e. The van der Waals surface area contributed by atoms with E-state index >= 15 is 0 Å². The van der Waals surface area contributed by atoms with Gasteiger partial charge in [-0.15, -0.1) is 0 Å². The summed E-state index contributed by atoms with van der Waals surface area (Å²) in [7, 11) is 4.00. The minimum Gasteiger partial charge on any atom is -0.366 e. The van der Waals surface area contributed by atoms with Crippen molar-refractivity contribution in [1.29, 1.82) is 0 Å². The van der Waals surface area contributed by atoms with Gasteiger partial charge in [0.25, 0.3) is 0 Å². The van der Waals surface area contributed by atoms with E-state index < -0.39 is 0 Å². The lowest BCUT2D eigenvalue weighted by molar-refractivity contribution is 0.619. The molecule has 2 nitrogen and oxygen atoms in total. The maximum absolute atomic E-state index is 4.56. The molecule has 0 aliphatic carbocycles. The Kier molecular flexibility index (Phi) is 3.92. The highest BCUT2D eigenvalue weighted by Gasteiger charge is 1.99. The summed E-state index contributed by atoms with van der Waals surface area (Å²) in [6.45, 7) is 4.09. The Morgan fingerprint density at radius 3 is 2.57 bits per heavy atom. The van der Waals surface area contributed by atoms with Gasteiger partial charge in [0.05, 0.1) is 5.69 Å². The van der Waals surface area contributed by atoms with Gasteiger partial charge in [0, 0.05) is 17.7 Å². The van der Waals surface area contributed by atoms with E-state index in [0.717, 1.165) is 11.5 Å². The third-order valence-corrected chi connectivity index (χ3v) is 2.77. The van der Waals surface area contributed by atoms with Crippen LogP contribution in [0.4, 0.5) is 5.69 Å². The SMILES string of the molecule is CC(=Nc1cc(I)ccc1C)N(C)C. The number of hydrogen-bond donors (Lipinski definition) is 0. The molecule has 76 valence electrons. The maximum atomic E-state index is 4.56. The lowest BCUT2D eigenvalue weighted by Gasteiger charge is -2.11. The first-order valence-electron chi connectivity index (χ1n) is 4.49. The molecule has 0 aliphatic heterocycles. The zero-order valence-electron chi connectivity index (χ0n) is 9.00. The quantitative estimate of drug-likeness (QED) is 0.442. The third-order valence-electron chi connectivity index (χ3n) is 2.10. The molecule has 0 heterocycles. The summed E-state index contributed by atoms with van der Waals surface area (Å²) in [5.41, 5.74) is 2.27. The van der Waals surface area contributed by atoms with Crippen molar-refractivity contribution in [3.05, 3.63) is 27.3 Å². The Bertz CT molecular complexity index is 356. The molecule has 1 aromatic rings. The lowest BCUT2D eigenvalue weighted by Crippen LogP contribution is -2.17. The van der Waals surface area contributed by atoms with Gasteiger partial charge in [-0.2, -0.15) is 0 Å². The fraction of sp³-hybridized carbons (Fsp3) is 0.364. The van der Waals surface area contributed by atoms with Crippen LogP contribution in [0.1, 0.15) is 12.5 Å². The highest BCUT2D eigenvalue weighted by molar-refractivity contribution is 14.1. The molecule has 0 N–H and O–H groups in total. The topological polar surface area (TPSA) is 15.6 Å². The van der Waals surface area contributed by atoms with Gasteiger partial charge in [0.2, 0.25) is 0 Å². The van der Waals surface area contributed by atoms with Crippen molar-refractivity contribution in [2.75, 3.05) is 14.1 Å². The second kappa shape index (κ2) is 4.77. The molecule has 0 saturated heterocycles. The third kappa shape index (κ3) is 2.97. The number of halogens is 1. The van der Waals surface area contributed by atoms with Gasteiger partial charge in [-0.3, -0.25) is 0 Å². The van der Waals surface area contributed by atoms with Gasteiger partial charge in [0.1, 0.15) is 5.84 Å². The molecule has 0 radical (unpaired) electrons. The highest BCUT2D eigenvalue weighted by Crippen LogP contribution is 2.21. The highest BCUT2D eigenvalue weighted by atomic mass is 127. The standard InChI is InChI=1S/C11H15IN2/c1-8-5-6-10(12)7-11(8)13-9(2)14(3)4/h5-7H,1-4H3. The molecule has 0 fully saturated rings. The van der Waals surface area contributed by atoms with Gasteiger partial charge in [-0.25, -0.2) is 4.99 Å². The summed E-state index contributed by atoms with van der Waals surface area (Å²) in [6.07, 6.45) is 0. The summed E-state index contributed by atoms with van der Waals surface area (Å²) >= 11 is 2.30. The van der Waals surface area contributed by atoms with E-state index in [1.807, 2.05) is 25.9 Å². The van der Waals surface area contributed by atoms with Crippen molar-refractivity contribution in [2.45, 2.75) is 13.8 Å². The molecule has 0 bridgehead atoms. The molecular formula is C11H15IN2. The Balaban J connectivity index is 3.07. The van der Waals surface area contributed by atoms with Crippen LogP contribution in [0.15, 0.2) is 23.2 Å². The van der Waals surface area contributed by atoms with Gasteiger partial charge in [0.15, 0.2) is 0 Å². The summed E-state index contributed by atoms with van der Waals surface area (Å²) in [6, 6.07) is 6.30. The van der Waals surface area contributed by atoms with E-state index in [-0.39, 0.29) is 0 Å². The second-order valence-electron chi connectivity index (χ2n) is 3.48. The molecule has 0 aromatic heterocycles. The predicted octanol–water partition coefficient (Wildman–Crippen LogP) is 3.21. The number of nitrogens with zero attached hydrogens (tertiary/aromatic N) is 2. The lowest BCUT2D eigenvalue weighted by atomic mass is 10.2. The minimum absolute atomic E-state index is 1.02. The van der Waals surface area contributed by atoms with Crippen molar-refractivity contribution < 1.29 is 0 Å². The van der Waals surface area contributed by atoms with Crippen LogP contribution >= 0.6 is 22.6 Å². The number of benzene rings is 1. The van der Waals surface area contributed by atoms with E-state index in [4.69, 9.17) is 0 Å². The van der Waals surface area contributed by atoms with Crippen LogP contribution in [0.3, 0.4) is 0 Å². The number of rotatable bonds is 1. The van der Waals surface area contributed by atoms with E-state index in [0.29, 0.717) is 0 Å². The summed E-state index contributed by atoms with van der Waals surface area (Å²) in [5.74, 6) is 1.02. The zero-order valence-corrected chi connectivity index (χ0v) is 11.2. The molecule has 1 rings (SSSR count). The fourth-order valence-corrected chi connectivity index (χ4v) is 1.45. The van der Waals surface area contributed by atoms with Crippen molar-refractivity contribution in [3.63, 3.8) is 0 Å². The van der Waals surface area contributed by atoms with E-state index in [2.05, 4.69) is 52.7 Å². The first-order valence-corrected chi connectivity index (χ1v) is 5.57. The summed E-state index contributed by atoms with van der Waals surface area (Å²) < 4.78 is 1.22. The van der Waals surface area contributed by atoms with Crippen LogP contribution in [0.5, 0.6) is 0 Å². The summed E-state index contributed by atoms with van der Waals surface area (Å²) in [4.78, 5) is 6.57. The zero-order chi connectivity index (χ0) is 10.7. The fourth-order valence-electron chi connectivity index (χ4n) is 0.977. The van der Waals surface area contributed by atoms with Crippen molar-refractivity contribution in [2.24, 2.45) is 4.99 Å². The Hall–Kier alpha value is -0.580. The Morgan fingerprint density at radius 1 is 1.36 bits per heavy atom. The van der Waals surface area contributed by atoms with Crippen LogP contribution < -0.4 is 0 Å². The molecular weight excluding hydrogens is 287 g/mol. The number of amidine groups is 1.